The van der Waals surface area contributed by atoms with Gasteiger partial charge in [0.15, 0.2) is 0 Å². The zero-order valence-corrected chi connectivity index (χ0v) is 69.9. The summed E-state index contributed by atoms with van der Waals surface area (Å²) in [5, 5.41) is 37.8. The van der Waals surface area contributed by atoms with Gasteiger partial charge < -0.3 is 83.4 Å². The van der Waals surface area contributed by atoms with Gasteiger partial charge in [0.05, 0.1) is 36.7 Å². The zero-order chi connectivity index (χ0) is 82.9. The molecule has 0 saturated carbocycles. The van der Waals surface area contributed by atoms with Gasteiger partial charge in [-0.15, -0.1) is 0 Å². The number of ether oxygens (including phenoxy) is 3. The molecule has 0 unspecified atom stereocenters. The van der Waals surface area contributed by atoms with Gasteiger partial charge in [-0.2, -0.15) is 29.9 Å². The SMILES string of the molecule is C/C=C/C(=O)N1CCN(c2nc(OC[C@@H]3CCCN3C)nc3c2CCN(c2cc(O)cc4ccccc24)C3)CC1.C=CC(=O)N1CCN(c2nc(OC[C@@H]3CCCCN3C)nc3c2CCN(c2cc(O)cc4ccccc24)C3)CC1.C=CC(=O)N1CCN(c2nc(OC[C@@H]3CCCN3CC)nc3c2CCN(c2cc(O)cc4ccccc24)C3)CC1. The first-order chi connectivity index (χ1) is 58.5. The summed E-state index contributed by atoms with van der Waals surface area (Å²) in [5.74, 6) is 3.56. The van der Waals surface area contributed by atoms with Crippen LogP contribution in [0.4, 0.5) is 34.5 Å². The van der Waals surface area contributed by atoms with Crippen LogP contribution in [0.1, 0.15) is 92.6 Å². The summed E-state index contributed by atoms with van der Waals surface area (Å²) in [5.41, 5.74) is 9.34. The molecular weight excluding hydrogens is 1510 g/mol. The molecule has 3 atom stereocenters. The van der Waals surface area contributed by atoms with Crippen LogP contribution in [0.2, 0.25) is 0 Å². The summed E-state index contributed by atoms with van der Waals surface area (Å²) in [6, 6.07) is 37.8. The number of anilines is 6. The number of hydrogen-bond donors (Lipinski definition) is 3. The van der Waals surface area contributed by atoms with Crippen molar-refractivity contribution in [2.45, 2.75) is 116 Å². The first kappa shape index (κ1) is 82.2. The number of benzene rings is 6. The number of piperidine rings is 1. The number of allylic oxidation sites excluding steroid dienone is 1. The standard InChI is InChI=1S/3C31H38N6O3/c1-3-29(39)35-14-16-36(17-15-35)30-26-11-13-37(28-19-24(38)18-22-8-4-5-10-25(22)28)20-27(26)32-31(33-30)40-21-23-9-6-7-12-34(23)2;1-3-7-29(39)35-14-16-36(17-15-35)30-26-11-13-37(28-19-24(38)18-22-8-4-5-10-25(22)28)20-27(26)32-31(33-30)40-21-23-9-6-12-34(23)2;1-3-29(39)35-14-16-36(17-15-35)30-26-11-13-37(28-19-24(38)18-22-8-5-6-10-25(22)28)20-27(26)32-31(33-30)40-21-23-9-7-12-34(23)4-2/h3-5,8,10,18-19,23,38H,1,6-7,9,11-17,20-21H2,2H3;3-5,7-8,10,18-19,23,38H,6,9,11-17,20-21H2,1-2H3;3,5-6,8,10,18-19,23,38H,1,4,7,9,11-17,20-21H2,2H3/b;7-3+;/t3*23-/m000/s1. The number of nitrogens with zero attached hydrogens (tertiary/aromatic N) is 18. The average Bonchev–Trinajstić information content (AvgIpc) is 1.45. The topological polar surface area (TPSA) is 256 Å². The third-order valence-electron chi connectivity index (χ3n) is 25.6. The van der Waals surface area contributed by atoms with Crippen LogP contribution in [-0.2, 0) is 53.3 Å². The van der Waals surface area contributed by atoms with E-state index in [0.717, 1.165) is 198 Å². The highest BCUT2D eigenvalue weighted by Gasteiger charge is 2.36. The van der Waals surface area contributed by atoms with Crippen LogP contribution in [0.3, 0.4) is 0 Å². The van der Waals surface area contributed by atoms with Crippen molar-refractivity contribution in [3.05, 3.63) is 180 Å². The molecule has 0 aliphatic carbocycles. The van der Waals surface area contributed by atoms with Crippen molar-refractivity contribution < 1.29 is 43.9 Å². The van der Waals surface area contributed by atoms with E-state index >= 15 is 0 Å². The molecule has 27 nitrogen and oxygen atoms in total. The molecule has 9 aliphatic rings. The maximum Gasteiger partial charge on any atom is 0.318 e. The molecule has 0 spiro atoms. The first-order valence-electron chi connectivity index (χ1n) is 43.2. The molecule has 3 aromatic heterocycles. The largest absolute Gasteiger partial charge is 0.508 e. The maximum absolute atomic E-state index is 12.4. The van der Waals surface area contributed by atoms with Gasteiger partial charge in [0, 0.05) is 184 Å². The van der Waals surface area contributed by atoms with Crippen molar-refractivity contribution in [3.8, 4) is 35.3 Å². The smallest absolute Gasteiger partial charge is 0.318 e. The molecule has 6 saturated heterocycles. The van der Waals surface area contributed by atoms with Gasteiger partial charge in [0.1, 0.15) is 54.5 Å². The van der Waals surface area contributed by atoms with Crippen LogP contribution < -0.4 is 43.6 Å². The van der Waals surface area contributed by atoms with Gasteiger partial charge in [-0.05, 0) is 158 Å². The van der Waals surface area contributed by atoms with Crippen molar-refractivity contribution in [3.63, 3.8) is 0 Å². The molecule has 3 amide bonds. The fourth-order valence-corrected chi connectivity index (χ4v) is 18.8. The Morgan fingerprint density at radius 1 is 0.408 bits per heavy atom. The lowest BCUT2D eigenvalue weighted by atomic mass is 10.0. The molecular formula is C93H114N18O9. The van der Waals surface area contributed by atoms with E-state index in [-0.39, 0.29) is 35.0 Å². The number of rotatable bonds is 19. The van der Waals surface area contributed by atoms with E-state index in [1.807, 2.05) is 113 Å². The van der Waals surface area contributed by atoms with Crippen LogP contribution >= 0.6 is 0 Å². The number of likely N-dealkylation sites (tertiary alicyclic amines) is 3. The normalized spacial score (nSPS) is 19.8. The predicted molar refractivity (Wildman–Crippen MR) is 471 cm³/mol. The van der Waals surface area contributed by atoms with E-state index in [9.17, 15) is 29.7 Å². The Kier molecular flexibility index (Phi) is 25.6. The van der Waals surface area contributed by atoms with E-state index in [1.165, 1.54) is 37.8 Å². The summed E-state index contributed by atoms with van der Waals surface area (Å²) < 4.78 is 18.9. The summed E-state index contributed by atoms with van der Waals surface area (Å²) in [7, 11) is 4.31. The van der Waals surface area contributed by atoms with E-state index in [1.54, 1.807) is 12.2 Å². The lowest BCUT2D eigenvalue weighted by Gasteiger charge is -2.38. The minimum atomic E-state index is -0.0287. The Hall–Kier alpha value is -11.6. The second kappa shape index (κ2) is 37.4. The second-order valence-electron chi connectivity index (χ2n) is 32.9. The molecule has 120 heavy (non-hydrogen) atoms. The van der Waals surface area contributed by atoms with Crippen molar-refractivity contribution >= 4 is 84.6 Å². The molecule has 27 heteroatoms. The summed E-state index contributed by atoms with van der Waals surface area (Å²) >= 11 is 0. The average molecular weight is 1630 g/mol. The second-order valence-corrected chi connectivity index (χ2v) is 32.9. The molecule has 9 aliphatic heterocycles. The Morgan fingerprint density at radius 3 is 1.11 bits per heavy atom. The maximum atomic E-state index is 12.4. The molecule has 0 bridgehead atoms. The molecule has 18 rings (SSSR count). The van der Waals surface area contributed by atoms with Crippen LogP contribution in [0.25, 0.3) is 32.3 Å². The van der Waals surface area contributed by atoms with E-state index in [2.05, 4.69) is 96.5 Å². The number of phenols is 3. The summed E-state index contributed by atoms with van der Waals surface area (Å²) in [4.78, 5) is 92.9. The number of aromatic hydroxyl groups is 3. The Bertz CT molecular complexity index is 5050. The fourth-order valence-electron chi connectivity index (χ4n) is 18.8. The molecule has 3 N–H and O–H groups in total. The van der Waals surface area contributed by atoms with Crippen LogP contribution in [0, 0.1) is 0 Å². The molecule has 12 heterocycles. The highest BCUT2D eigenvalue weighted by atomic mass is 16.5. The van der Waals surface area contributed by atoms with E-state index < -0.39 is 0 Å². The number of carbonyl (C=O) groups excluding carboxylic acids is 3. The first-order valence-corrected chi connectivity index (χ1v) is 43.2. The summed E-state index contributed by atoms with van der Waals surface area (Å²) in [6.07, 6.45) is 16.7. The highest BCUT2D eigenvalue weighted by Crippen LogP contribution is 2.42. The third kappa shape index (κ3) is 18.4. The Balaban J connectivity index is 0.000000134. The number of carbonyl (C=O) groups is 3. The minimum Gasteiger partial charge on any atom is -0.508 e. The number of fused-ring (bicyclic) bond motifs is 6. The molecule has 630 valence electrons. The fraction of sp³-hybridized carbons (Fsp3) is 0.452. The van der Waals surface area contributed by atoms with Gasteiger partial charge >= 0.3 is 18.0 Å². The Labute approximate surface area is 703 Å². The lowest BCUT2D eigenvalue weighted by Crippen LogP contribution is -2.49. The van der Waals surface area contributed by atoms with Crippen LogP contribution in [0.15, 0.2) is 147 Å². The van der Waals surface area contributed by atoms with Crippen molar-refractivity contribution in [2.75, 3.05) is 188 Å². The minimum absolute atomic E-state index is 0.0283. The molecule has 6 fully saturated rings. The number of amides is 3. The van der Waals surface area contributed by atoms with Crippen molar-refractivity contribution in [1.82, 2.24) is 59.3 Å². The van der Waals surface area contributed by atoms with Crippen molar-refractivity contribution in [1.29, 1.82) is 0 Å². The van der Waals surface area contributed by atoms with E-state index in [0.29, 0.717) is 141 Å². The van der Waals surface area contributed by atoms with Gasteiger partial charge in [-0.3, -0.25) is 19.3 Å². The predicted octanol–water partition coefficient (Wildman–Crippen LogP) is 10.8. The monoisotopic (exact) mass is 1630 g/mol. The number of hydrogen-bond acceptors (Lipinski definition) is 24. The molecule has 9 aromatic rings. The number of aromatic nitrogens is 6. The van der Waals surface area contributed by atoms with Crippen LogP contribution in [0.5, 0.6) is 35.3 Å². The number of piperazine rings is 3. The highest BCUT2D eigenvalue weighted by molar-refractivity contribution is 5.98. The van der Waals surface area contributed by atoms with Gasteiger partial charge in [-0.25, -0.2) is 0 Å². The van der Waals surface area contributed by atoms with Crippen molar-refractivity contribution in [2.24, 2.45) is 0 Å². The quantitative estimate of drug-likeness (QED) is 0.0636. The number of phenolic OH excluding ortho intramolecular Hbond substituents is 3. The Morgan fingerprint density at radius 2 is 0.750 bits per heavy atom. The zero-order valence-electron chi connectivity index (χ0n) is 69.9. The van der Waals surface area contributed by atoms with Gasteiger partial charge in [0.25, 0.3) is 0 Å². The van der Waals surface area contributed by atoms with E-state index in [4.69, 9.17) is 44.1 Å². The van der Waals surface area contributed by atoms with Gasteiger partial charge in [0.2, 0.25) is 17.7 Å². The van der Waals surface area contributed by atoms with Crippen LogP contribution in [-0.4, -0.2) is 269 Å². The number of likely N-dealkylation sites (N-methyl/N-ethyl adjacent to an activating group) is 3. The van der Waals surface area contributed by atoms with Gasteiger partial charge in [-0.1, -0.05) is 105 Å². The lowest BCUT2D eigenvalue weighted by molar-refractivity contribution is -0.127. The third-order valence-corrected chi connectivity index (χ3v) is 25.6. The molecule has 0 radical (unpaired) electrons. The summed E-state index contributed by atoms with van der Waals surface area (Å²) in [6.45, 7) is 29.7. The molecule has 6 aromatic carbocycles.